The number of rotatable bonds is 4. The lowest BCUT2D eigenvalue weighted by molar-refractivity contribution is 1.15. The zero-order valence-corrected chi connectivity index (χ0v) is 14.2. The summed E-state index contributed by atoms with van der Waals surface area (Å²) < 4.78 is 0. The number of nitrogens with zero attached hydrogens (tertiary/aromatic N) is 1. The highest BCUT2D eigenvalue weighted by Gasteiger charge is 2.13. The van der Waals surface area contributed by atoms with E-state index in [9.17, 15) is 0 Å². The van der Waals surface area contributed by atoms with E-state index in [-0.39, 0.29) is 0 Å². The van der Waals surface area contributed by atoms with Gasteiger partial charge in [-0.2, -0.15) is 0 Å². The van der Waals surface area contributed by atoms with Gasteiger partial charge in [0.15, 0.2) is 5.11 Å². The summed E-state index contributed by atoms with van der Waals surface area (Å²) in [7, 11) is 0. The van der Waals surface area contributed by atoms with Gasteiger partial charge >= 0.3 is 0 Å². The van der Waals surface area contributed by atoms with Crippen molar-refractivity contribution in [1.29, 1.82) is 0 Å². The van der Waals surface area contributed by atoms with Crippen LogP contribution in [0.2, 0.25) is 0 Å². The summed E-state index contributed by atoms with van der Waals surface area (Å²) in [5.74, 6) is 0. The van der Waals surface area contributed by atoms with Crippen molar-refractivity contribution < 1.29 is 0 Å². The van der Waals surface area contributed by atoms with Crippen LogP contribution in [0.4, 0.5) is 11.4 Å². The molecule has 2 aromatic rings. The van der Waals surface area contributed by atoms with E-state index in [2.05, 4.69) is 44.8 Å². The van der Waals surface area contributed by atoms with Crippen molar-refractivity contribution in [3.05, 3.63) is 71.8 Å². The minimum Gasteiger partial charge on any atom is -0.332 e. The van der Waals surface area contributed by atoms with Crippen molar-refractivity contribution >= 4 is 28.7 Å². The molecule has 114 valence electrons. The summed E-state index contributed by atoms with van der Waals surface area (Å²) in [5.41, 5.74) is 5.80. The van der Waals surface area contributed by atoms with E-state index in [0.29, 0.717) is 11.7 Å². The van der Waals surface area contributed by atoms with Crippen molar-refractivity contribution in [1.82, 2.24) is 0 Å². The molecule has 2 aromatic carbocycles. The summed E-state index contributed by atoms with van der Waals surface area (Å²) in [6.07, 6.45) is 1.86. The second-order valence-electron chi connectivity index (χ2n) is 5.44. The first-order valence-electron chi connectivity index (χ1n) is 7.35. The molecule has 1 N–H and O–H groups in total. The fourth-order valence-corrected chi connectivity index (χ4v) is 2.88. The van der Waals surface area contributed by atoms with Crippen molar-refractivity contribution in [3.8, 4) is 0 Å². The maximum atomic E-state index is 5.62. The maximum absolute atomic E-state index is 5.62. The highest BCUT2D eigenvalue weighted by Crippen LogP contribution is 2.23. The predicted molar refractivity (Wildman–Crippen MR) is 101 cm³/mol. The zero-order valence-electron chi connectivity index (χ0n) is 13.4. The van der Waals surface area contributed by atoms with Crippen LogP contribution in [0.5, 0.6) is 0 Å². The monoisotopic (exact) mass is 310 g/mol. The Hall–Kier alpha value is -2.13. The van der Waals surface area contributed by atoms with Gasteiger partial charge in [0.25, 0.3) is 0 Å². The smallest absolute Gasteiger partial charge is 0.178 e. The van der Waals surface area contributed by atoms with Gasteiger partial charge in [-0.1, -0.05) is 42.0 Å². The van der Waals surface area contributed by atoms with Gasteiger partial charge in [0.1, 0.15) is 0 Å². The maximum Gasteiger partial charge on any atom is 0.178 e. The molecule has 0 aliphatic heterocycles. The van der Waals surface area contributed by atoms with E-state index >= 15 is 0 Å². The first-order valence-corrected chi connectivity index (χ1v) is 7.76. The molecule has 2 nitrogen and oxygen atoms in total. The van der Waals surface area contributed by atoms with Crippen LogP contribution in [0.1, 0.15) is 16.7 Å². The van der Waals surface area contributed by atoms with Gasteiger partial charge in [0, 0.05) is 17.9 Å². The van der Waals surface area contributed by atoms with Gasteiger partial charge in [-0.25, -0.2) is 0 Å². The normalized spacial score (nSPS) is 10.1. The molecule has 0 aromatic heterocycles. The Morgan fingerprint density at radius 1 is 1.14 bits per heavy atom. The molecular weight excluding hydrogens is 288 g/mol. The first kappa shape index (κ1) is 16.2. The van der Waals surface area contributed by atoms with Crippen molar-refractivity contribution in [2.45, 2.75) is 20.8 Å². The molecule has 22 heavy (non-hydrogen) atoms. The minimum atomic E-state index is 0.666. The lowest BCUT2D eigenvalue weighted by atomic mass is 10.1. The highest BCUT2D eigenvalue weighted by molar-refractivity contribution is 7.80. The first-order chi connectivity index (χ1) is 10.5. The standard InChI is InChI=1S/C19H22N2S/c1-5-11-21(17-9-7-6-8-10-17)19(22)20-18-15(3)12-14(2)13-16(18)4/h5-10,12-13H,1,11H2,2-4H3,(H,20,22). The van der Waals surface area contributed by atoms with Gasteiger partial charge < -0.3 is 10.2 Å². The number of nitrogens with one attached hydrogen (secondary N) is 1. The van der Waals surface area contributed by atoms with Crippen LogP contribution >= 0.6 is 12.2 Å². The summed E-state index contributed by atoms with van der Waals surface area (Å²) in [4.78, 5) is 2.04. The fraction of sp³-hybridized carbons (Fsp3) is 0.211. The summed E-state index contributed by atoms with van der Waals surface area (Å²) in [6.45, 7) is 10.8. The van der Waals surface area contributed by atoms with Crippen LogP contribution in [0.3, 0.4) is 0 Å². The highest BCUT2D eigenvalue weighted by atomic mass is 32.1. The van der Waals surface area contributed by atoms with E-state index in [1.54, 1.807) is 0 Å². The third-order valence-corrected chi connectivity index (χ3v) is 3.86. The number of hydrogen-bond acceptors (Lipinski definition) is 1. The average Bonchev–Trinajstić information content (AvgIpc) is 2.49. The third kappa shape index (κ3) is 3.74. The minimum absolute atomic E-state index is 0.666. The van der Waals surface area contributed by atoms with E-state index < -0.39 is 0 Å². The summed E-state index contributed by atoms with van der Waals surface area (Å²) in [5, 5.41) is 4.08. The van der Waals surface area contributed by atoms with Crippen molar-refractivity contribution in [2.24, 2.45) is 0 Å². The average molecular weight is 310 g/mol. The molecule has 0 fully saturated rings. The van der Waals surface area contributed by atoms with E-state index in [1.165, 1.54) is 16.7 Å². The van der Waals surface area contributed by atoms with E-state index in [0.717, 1.165) is 11.4 Å². The molecule has 0 amide bonds. The summed E-state index contributed by atoms with van der Waals surface area (Å²) in [6, 6.07) is 14.4. The molecule has 0 aliphatic rings. The van der Waals surface area contributed by atoms with Crippen LogP contribution in [0, 0.1) is 20.8 Å². The van der Waals surface area contributed by atoms with Gasteiger partial charge in [0.2, 0.25) is 0 Å². The SMILES string of the molecule is C=CCN(C(=S)Nc1c(C)cc(C)cc1C)c1ccccc1. The summed E-state index contributed by atoms with van der Waals surface area (Å²) >= 11 is 5.62. The Kier molecular flexibility index (Phi) is 5.34. The number of para-hydroxylation sites is 1. The van der Waals surface area contributed by atoms with Gasteiger partial charge in [0.05, 0.1) is 0 Å². The quantitative estimate of drug-likeness (QED) is 0.632. The van der Waals surface area contributed by atoms with Crippen LogP contribution < -0.4 is 10.2 Å². The molecule has 0 bridgehead atoms. The lowest BCUT2D eigenvalue weighted by Crippen LogP contribution is -2.35. The Bertz CT molecular complexity index is 654. The molecule has 3 heteroatoms. The number of aryl methyl sites for hydroxylation is 3. The van der Waals surface area contributed by atoms with Gasteiger partial charge in [-0.3, -0.25) is 0 Å². The molecule has 2 rings (SSSR count). The molecule has 0 unspecified atom stereocenters. The second-order valence-corrected chi connectivity index (χ2v) is 5.83. The van der Waals surface area contributed by atoms with Crippen LogP contribution in [-0.4, -0.2) is 11.7 Å². The molecule has 0 heterocycles. The lowest BCUT2D eigenvalue weighted by Gasteiger charge is -2.26. The number of hydrogen-bond donors (Lipinski definition) is 1. The molecule has 0 atom stereocenters. The fourth-order valence-electron chi connectivity index (χ4n) is 2.59. The third-order valence-electron chi connectivity index (χ3n) is 3.53. The Labute approximate surface area is 138 Å². The van der Waals surface area contributed by atoms with Crippen LogP contribution in [-0.2, 0) is 0 Å². The largest absolute Gasteiger partial charge is 0.332 e. The predicted octanol–water partition coefficient (Wildman–Crippen LogP) is 5.00. The van der Waals surface area contributed by atoms with Crippen LogP contribution in [0.15, 0.2) is 55.1 Å². The molecule has 0 radical (unpaired) electrons. The van der Waals surface area contributed by atoms with Crippen molar-refractivity contribution in [3.63, 3.8) is 0 Å². The number of anilines is 2. The Morgan fingerprint density at radius 2 is 1.73 bits per heavy atom. The number of benzene rings is 2. The van der Waals surface area contributed by atoms with E-state index in [1.807, 2.05) is 41.3 Å². The van der Waals surface area contributed by atoms with Crippen LogP contribution in [0.25, 0.3) is 0 Å². The second kappa shape index (κ2) is 7.23. The zero-order chi connectivity index (χ0) is 16.1. The molecule has 0 saturated carbocycles. The van der Waals surface area contributed by atoms with E-state index in [4.69, 9.17) is 12.2 Å². The molecule has 0 saturated heterocycles. The topological polar surface area (TPSA) is 15.3 Å². The van der Waals surface area contributed by atoms with Crippen molar-refractivity contribution in [2.75, 3.05) is 16.8 Å². The Balaban J connectivity index is 2.28. The Morgan fingerprint density at radius 3 is 2.27 bits per heavy atom. The molecule has 0 aliphatic carbocycles. The molecule has 0 spiro atoms. The number of thiocarbonyl (C=S) groups is 1. The van der Waals surface area contributed by atoms with Gasteiger partial charge in [-0.05, 0) is 56.2 Å². The molecular formula is C19H22N2S. The van der Waals surface area contributed by atoms with Gasteiger partial charge in [-0.15, -0.1) is 6.58 Å².